The minimum atomic E-state index is -0.296. The largest absolute Gasteiger partial charge is 0.461 e. The van der Waals surface area contributed by atoms with E-state index in [1.54, 1.807) is 6.07 Å². The monoisotopic (exact) mass is 310 g/mol. The van der Waals surface area contributed by atoms with Gasteiger partial charge in [0.05, 0.1) is 0 Å². The maximum absolute atomic E-state index is 10.5. The summed E-state index contributed by atoms with van der Waals surface area (Å²) >= 11 is 8.07. The maximum atomic E-state index is 10.5. The molecule has 0 aliphatic rings. The molecular formula is C9H8ClIO2. The molecule has 0 amide bonds. The lowest BCUT2D eigenvalue weighted by atomic mass is 10.2. The van der Waals surface area contributed by atoms with Crippen LogP contribution in [0.5, 0.6) is 0 Å². The molecule has 0 aliphatic carbocycles. The minimum Gasteiger partial charge on any atom is -0.461 e. The topological polar surface area (TPSA) is 26.3 Å². The first-order chi connectivity index (χ1) is 6.09. The lowest BCUT2D eigenvalue weighted by Gasteiger charge is -2.04. The van der Waals surface area contributed by atoms with Gasteiger partial charge in [0, 0.05) is 21.1 Å². The SMILES string of the molecule is CC(=O)OCc1cc(I)ccc1Cl. The average Bonchev–Trinajstić information content (AvgIpc) is 2.06. The van der Waals surface area contributed by atoms with Crippen LogP contribution in [-0.2, 0) is 16.1 Å². The van der Waals surface area contributed by atoms with Gasteiger partial charge in [-0.25, -0.2) is 0 Å². The van der Waals surface area contributed by atoms with Gasteiger partial charge in [0.15, 0.2) is 0 Å². The van der Waals surface area contributed by atoms with Crippen molar-refractivity contribution >= 4 is 40.2 Å². The smallest absolute Gasteiger partial charge is 0.302 e. The molecule has 0 aromatic heterocycles. The summed E-state index contributed by atoms with van der Waals surface area (Å²) in [4.78, 5) is 10.5. The predicted octanol–water partition coefficient (Wildman–Crippen LogP) is 3.01. The Labute approximate surface area is 95.4 Å². The van der Waals surface area contributed by atoms with Gasteiger partial charge in [-0.3, -0.25) is 4.79 Å². The molecule has 0 bridgehead atoms. The van der Waals surface area contributed by atoms with Crippen molar-refractivity contribution in [1.29, 1.82) is 0 Å². The fraction of sp³-hybridized carbons (Fsp3) is 0.222. The van der Waals surface area contributed by atoms with Crippen LogP contribution in [-0.4, -0.2) is 5.97 Å². The van der Waals surface area contributed by atoms with E-state index in [0.29, 0.717) is 5.02 Å². The van der Waals surface area contributed by atoms with Crippen LogP contribution in [0.25, 0.3) is 0 Å². The number of hydrogen-bond acceptors (Lipinski definition) is 2. The molecule has 70 valence electrons. The summed E-state index contributed by atoms with van der Waals surface area (Å²) in [6, 6.07) is 5.59. The number of carbonyl (C=O) groups excluding carboxylic acids is 1. The molecule has 1 aromatic carbocycles. The van der Waals surface area contributed by atoms with Crippen molar-refractivity contribution in [3.8, 4) is 0 Å². The Balaban J connectivity index is 2.75. The van der Waals surface area contributed by atoms with E-state index in [1.807, 2.05) is 12.1 Å². The molecule has 0 spiro atoms. The van der Waals surface area contributed by atoms with Gasteiger partial charge in [-0.05, 0) is 40.8 Å². The molecule has 0 aliphatic heterocycles. The molecule has 1 aromatic rings. The van der Waals surface area contributed by atoms with Crippen molar-refractivity contribution in [2.45, 2.75) is 13.5 Å². The predicted molar refractivity (Wildman–Crippen MR) is 59.6 cm³/mol. The molecule has 0 unspecified atom stereocenters. The highest BCUT2D eigenvalue weighted by Gasteiger charge is 2.02. The zero-order valence-corrected chi connectivity index (χ0v) is 9.93. The lowest BCUT2D eigenvalue weighted by Crippen LogP contribution is -1.99. The van der Waals surface area contributed by atoms with Crippen molar-refractivity contribution in [3.05, 3.63) is 32.4 Å². The standard InChI is InChI=1S/C9H8ClIO2/c1-6(12)13-5-7-4-8(11)2-3-9(7)10/h2-4H,5H2,1H3. The molecule has 0 saturated carbocycles. The summed E-state index contributed by atoms with van der Waals surface area (Å²) in [5.74, 6) is -0.296. The molecule has 0 heterocycles. The van der Waals surface area contributed by atoms with E-state index in [4.69, 9.17) is 16.3 Å². The fourth-order valence-corrected chi connectivity index (χ4v) is 1.56. The number of halogens is 2. The molecular weight excluding hydrogens is 302 g/mol. The molecule has 0 N–H and O–H groups in total. The number of carbonyl (C=O) groups is 1. The molecule has 0 fully saturated rings. The van der Waals surface area contributed by atoms with E-state index in [-0.39, 0.29) is 12.6 Å². The Morgan fingerprint density at radius 2 is 2.31 bits per heavy atom. The van der Waals surface area contributed by atoms with Crippen LogP contribution < -0.4 is 0 Å². The lowest BCUT2D eigenvalue weighted by molar-refractivity contribution is -0.142. The minimum absolute atomic E-state index is 0.241. The van der Waals surface area contributed by atoms with Crippen molar-refractivity contribution in [2.75, 3.05) is 0 Å². The van der Waals surface area contributed by atoms with Gasteiger partial charge in [-0.15, -0.1) is 0 Å². The third-order valence-electron chi connectivity index (χ3n) is 1.44. The van der Waals surface area contributed by atoms with Gasteiger partial charge in [0.1, 0.15) is 6.61 Å². The van der Waals surface area contributed by atoms with Crippen LogP contribution in [0.1, 0.15) is 12.5 Å². The first kappa shape index (κ1) is 10.8. The number of benzene rings is 1. The van der Waals surface area contributed by atoms with Crippen LogP contribution in [0, 0.1) is 3.57 Å². The van der Waals surface area contributed by atoms with E-state index in [2.05, 4.69) is 22.6 Å². The van der Waals surface area contributed by atoms with Crippen molar-refractivity contribution in [3.63, 3.8) is 0 Å². The molecule has 1 rings (SSSR count). The van der Waals surface area contributed by atoms with E-state index in [9.17, 15) is 4.79 Å². The second-order valence-electron chi connectivity index (χ2n) is 2.52. The number of hydrogen-bond donors (Lipinski definition) is 0. The van der Waals surface area contributed by atoms with Gasteiger partial charge < -0.3 is 4.74 Å². The quantitative estimate of drug-likeness (QED) is 0.620. The van der Waals surface area contributed by atoms with Crippen molar-refractivity contribution in [1.82, 2.24) is 0 Å². The number of esters is 1. The zero-order valence-electron chi connectivity index (χ0n) is 7.01. The Hall–Kier alpha value is -0.290. The first-order valence-electron chi connectivity index (χ1n) is 3.67. The van der Waals surface area contributed by atoms with Crippen LogP contribution in [0.4, 0.5) is 0 Å². The van der Waals surface area contributed by atoms with Crippen LogP contribution in [0.15, 0.2) is 18.2 Å². The molecule has 0 atom stereocenters. The normalized spacial score (nSPS) is 9.77. The Kier molecular flexibility index (Phi) is 3.99. The third kappa shape index (κ3) is 3.52. The maximum Gasteiger partial charge on any atom is 0.302 e. The molecule has 0 radical (unpaired) electrons. The Morgan fingerprint density at radius 1 is 1.62 bits per heavy atom. The molecule has 13 heavy (non-hydrogen) atoms. The highest BCUT2D eigenvalue weighted by Crippen LogP contribution is 2.19. The number of rotatable bonds is 2. The van der Waals surface area contributed by atoms with E-state index < -0.39 is 0 Å². The van der Waals surface area contributed by atoms with Crippen molar-refractivity contribution in [2.24, 2.45) is 0 Å². The number of ether oxygens (including phenoxy) is 1. The summed E-state index contributed by atoms with van der Waals surface area (Å²) in [6.45, 7) is 1.62. The molecule has 4 heteroatoms. The second-order valence-corrected chi connectivity index (χ2v) is 4.17. The van der Waals surface area contributed by atoms with E-state index in [0.717, 1.165) is 9.13 Å². The van der Waals surface area contributed by atoms with Crippen LogP contribution in [0.3, 0.4) is 0 Å². The van der Waals surface area contributed by atoms with Gasteiger partial charge in [-0.2, -0.15) is 0 Å². The average molecular weight is 311 g/mol. The Morgan fingerprint density at radius 3 is 2.92 bits per heavy atom. The van der Waals surface area contributed by atoms with Gasteiger partial charge in [0.2, 0.25) is 0 Å². The fourth-order valence-electron chi connectivity index (χ4n) is 0.833. The third-order valence-corrected chi connectivity index (χ3v) is 2.48. The summed E-state index contributed by atoms with van der Waals surface area (Å²) in [6.07, 6.45) is 0. The van der Waals surface area contributed by atoms with Gasteiger partial charge in [-0.1, -0.05) is 11.6 Å². The van der Waals surface area contributed by atoms with E-state index in [1.165, 1.54) is 6.92 Å². The van der Waals surface area contributed by atoms with Crippen molar-refractivity contribution < 1.29 is 9.53 Å². The summed E-state index contributed by atoms with van der Waals surface area (Å²) < 4.78 is 5.91. The van der Waals surface area contributed by atoms with Crippen LogP contribution >= 0.6 is 34.2 Å². The van der Waals surface area contributed by atoms with Gasteiger partial charge in [0.25, 0.3) is 0 Å². The highest BCUT2D eigenvalue weighted by molar-refractivity contribution is 14.1. The summed E-state index contributed by atoms with van der Waals surface area (Å²) in [5, 5.41) is 0.627. The first-order valence-corrected chi connectivity index (χ1v) is 5.12. The molecule has 0 saturated heterocycles. The zero-order chi connectivity index (χ0) is 9.84. The van der Waals surface area contributed by atoms with E-state index >= 15 is 0 Å². The molecule has 2 nitrogen and oxygen atoms in total. The Bertz CT molecular complexity index is 325. The highest BCUT2D eigenvalue weighted by atomic mass is 127. The summed E-state index contributed by atoms with van der Waals surface area (Å²) in [7, 11) is 0. The second kappa shape index (κ2) is 4.81. The van der Waals surface area contributed by atoms with Gasteiger partial charge >= 0.3 is 5.97 Å². The van der Waals surface area contributed by atoms with Crippen LogP contribution in [0.2, 0.25) is 5.02 Å². The summed E-state index contributed by atoms with van der Waals surface area (Å²) in [5.41, 5.74) is 0.837.